The van der Waals surface area contributed by atoms with Crippen LogP contribution in [-0.4, -0.2) is 6.04 Å². The summed E-state index contributed by atoms with van der Waals surface area (Å²) in [5.74, 6) is 2.51. The van der Waals surface area contributed by atoms with E-state index in [1.807, 2.05) is 42.5 Å². The van der Waals surface area contributed by atoms with Gasteiger partial charge in [0.25, 0.3) is 0 Å². The number of benzene rings is 2. The van der Waals surface area contributed by atoms with Gasteiger partial charge in [0.15, 0.2) is 0 Å². The average molecular weight is 267 g/mol. The minimum Gasteiger partial charge on any atom is -0.457 e. The number of hydrogen-bond acceptors (Lipinski definition) is 2. The fourth-order valence-electron chi connectivity index (χ4n) is 2.85. The van der Waals surface area contributed by atoms with Crippen molar-refractivity contribution in [2.75, 3.05) is 5.32 Å². The lowest BCUT2D eigenvalue weighted by molar-refractivity contribution is 0.482. The van der Waals surface area contributed by atoms with Crippen molar-refractivity contribution in [1.29, 1.82) is 0 Å². The van der Waals surface area contributed by atoms with E-state index in [1.54, 1.807) is 0 Å². The maximum atomic E-state index is 5.87. The fourth-order valence-corrected chi connectivity index (χ4v) is 2.85. The van der Waals surface area contributed by atoms with E-state index in [9.17, 15) is 0 Å². The van der Waals surface area contributed by atoms with Gasteiger partial charge >= 0.3 is 0 Å². The van der Waals surface area contributed by atoms with Crippen molar-refractivity contribution in [2.24, 2.45) is 5.92 Å². The largest absolute Gasteiger partial charge is 0.457 e. The van der Waals surface area contributed by atoms with Crippen LogP contribution in [0.2, 0.25) is 0 Å². The number of para-hydroxylation sites is 1. The van der Waals surface area contributed by atoms with Crippen LogP contribution in [0.4, 0.5) is 5.69 Å². The summed E-state index contributed by atoms with van der Waals surface area (Å²) in [6.45, 7) is 2.33. The fraction of sp³-hybridized carbons (Fsp3) is 0.333. The van der Waals surface area contributed by atoms with Crippen molar-refractivity contribution < 1.29 is 4.74 Å². The van der Waals surface area contributed by atoms with Crippen LogP contribution in [0.25, 0.3) is 0 Å². The maximum absolute atomic E-state index is 5.87. The van der Waals surface area contributed by atoms with Gasteiger partial charge in [-0.2, -0.15) is 0 Å². The van der Waals surface area contributed by atoms with Gasteiger partial charge in [-0.1, -0.05) is 37.6 Å². The van der Waals surface area contributed by atoms with Crippen LogP contribution in [0.15, 0.2) is 54.6 Å². The first kappa shape index (κ1) is 13.0. The molecule has 0 bridgehead atoms. The van der Waals surface area contributed by atoms with Gasteiger partial charge in [-0.15, -0.1) is 0 Å². The molecule has 2 unspecified atom stereocenters. The molecule has 1 aliphatic carbocycles. The molecule has 0 aliphatic heterocycles. The van der Waals surface area contributed by atoms with Gasteiger partial charge in [-0.05, 0) is 43.0 Å². The Morgan fingerprint density at radius 3 is 2.50 bits per heavy atom. The summed E-state index contributed by atoms with van der Waals surface area (Å²) in [7, 11) is 0. The predicted octanol–water partition coefficient (Wildman–Crippen LogP) is 5.08. The summed E-state index contributed by atoms with van der Waals surface area (Å²) >= 11 is 0. The first-order chi connectivity index (χ1) is 9.81. The number of nitrogens with one attached hydrogen (secondary N) is 1. The Labute approximate surface area is 120 Å². The topological polar surface area (TPSA) is 21.3 Å². The molecule has 104 valence electrons. The average Bonchev–Trinajstić information content (AvgIpc) is 2.86. The Balaban J connectivity index is 1.69. The molecule has 20 heavy (non-hydrogen) atoms. The lowest BCUT2D eigenvalue weighted by atomic mass is 10.1. The van der Waals surface area contributed by atoms with Crippen molar-refractivity contribution in [2.45, 2.75) is 32.2 Å². The van der Waals surface area contributed by atoms with Gasteiger partial charge < -0.3 is 10.1 Å². The van der Waals surface area contributed by atoms with Gasteiger partial charge in [0.2, 0.25) is 0 Å². The Bertz CT molecular complexity index is 552. The highest BCUT2D eigenvalue weighted by atomic mass is 16.5. The Morgan fingerprint density at radius 2 is 1.75 bits per heavy atom. The molecular weight excluding hydrogens is 246 g/mol. The van der Waals surface area contributed by atoms with Crippen LogP contribution >= 0.6 is 0 Å². The normalized spacial score (nSPS) is 21.6. The molecule has 0 saturated heterocycles. The standard InChI is InChI=1S/C18H21NO/c1-14-7-5-12-18(14)19-15-8-6-11-17(13-15)20-16-9-3-2-4-10-16/h2-4,6,8-11,13-14,18-19H,5,7,12H2,1H3. The summed E-state index contributed by atoms with van der Waals surface area (Å²) in [6, 6.07) is 18.7. The third-order valence-electron chi connectivity index (χ3n) is 4.03. The molecule has 2 heteroatoms. The molecule has 2 aromatic rings. The smallest absolute Gasteiger partial charge is 0.129 e. The monoisotopic (exact) mass is 267 g/mol. The lowest BCUT2D eigenvalue weighted by Crippen LogP contribution is -2.21. The van der Waals surface area contributed by atoms with Crippen LogP contribution < -0.4 is 10.1 Å². The zero-order valence-corrected chi connectivity index (χ0v) is 11.9. The summed E-state index contributed by atoms with van der Waals surface area (Å²) in [6.07, 6.45) is 3.93. The van der Waals surface area contributed by atoms with Crippen molar-refractivity contribution in [1.82, 2.24) is 0 Å². The van der Waals surface area contributed by atoms with E-state index in [0.717, 1.165) is 23.1 Å². The molecule has 1 aliphatic rings. The minimum absolute atomic E-state index is 0.599. The molecule has 0 amide bonds. The van der Waals surface area contributed by atoms with Crippen molar-refractivity contribution in [3.8, 4) is 11.5 Å². The molecule has 0 heterocycles. The van der Waals surface area contributed by atoms with E-state index in [1.165, 1.54) is 19.3 Å². The van der Waals surface area contributed by atoms with E-state index in [-0.39, 0.29) is 0 Å². The van der Waals surface area contributed by atoms with Crippen LogP contribution in [0, 0.1) is 5.92 Å². The first-order valence-electron chi connectivity index (χ1n) is 7.41. The maximum Gasteiger partial charge on any atom is 0.129 e. The van der Waals surface area contributed by atoms with Crippen LogP contribution in [0.5, 0.6) is 11.5 Å². The molecule has 1 N–H and O–H groups in total. The zero-order valence-electron chi connectivity index (χ0n) is 11.9. The van der Waals surface area contributed by atoms with Crippen molar-refractivity contribution in [3.05, 3.63) is 54.6 Å². The molecule has 0 spiro atoms. The van der Waals surface area contributed by atoms with E-state index in [2.05, 4.69) is 24.4 Å². The summed E-state index contributed by atoms with van der Waals surface area (Å²) < 4.78 is 5.87. The highest BCUT2D eigenvalue weighted by Gasteiger charge is 2.22. The second kappa shape index (κ2) is 6.00. The van der Waals surface area contributed by atoms with Crippen LogP contribution in [0.3, 0.4) is 0 Å². The third-order valence-corrected chi connectivity index (χ3v) is 4.03. The van der Waals surface area contributed by atoms with Gasteiger partial charge in [0.1, 0.15) is 11.5 Å². The molecule has 2 aromatic carbocycles. The first-order valence-corrected chi connectivity index (χ1v) is 7.41. The summed E-state index contributed by atoms with van der Waals surface area (Å²) in [5.41, 5.74) is 1.15. The number of hydrogen-bond donors (Lipinski definition) is 1. The summed E-state index contributed by atoms with van der Waals surface area (Å²) in [4.78, 5) is 0. The van der Waals surface area contributed by atoms with E-state index >= 15 is 0 Å². The van der Waals surface area contributed by atoms with Gasteiger partial charge in [0.05, 0.1) is 0 Å². The Morgan fingerprint density at radius 1 is 0.950 bits per heavy atom. The number of anilines is 1. The molecule has 1 saturated carbocycles. The van der Waals surface area contributed by atoms with Gasteiger partial charge in [-0.25, -0.2) is 0 Å². The molecule has 0 aromatic heterocycles. The van der Waals surface area contributed by atoms with Crippen LogP contribution in [-0.2, 0) is 0 Å². The minimum atomic E-state index is 0.599. The zero-order chi connectivity index (χ0) is 13.8. The molecule has 1 fully saturated rings. The van der Waals surface area contributed by atoms with Gasteiger partial charge in [0, 0.05) is 17.8 Å². The third kappa shape index (κ3) is 3.13. The van der Waals surface area contributed by atoms with Crippen molar-refractivity contribution in [3.63, 3.8) is 0 Å². The van der Waals surface area contributed by atoms with E-state index in [4.69, 9.17) is 4.74 Å². The van der Waals surface area contributed by atoms with Gasteiger partial charge in [-0.3, -0.25) is 0 Å². The highest BCUT2D eigenvalue weighted by Crippen LogP contribution is 2.30. The highest BCUT2D eigenvalue weighted by molar-refractivity contribution is 5.50. The Hall–Kier alpha value is -1.96. The lowest BCUT2D eigenvalue weighted by Gasteiger charge is -2.19. The molecule has 0 radical (unpaired) electrons. The number of rotatable bonds is 4. The molecule has 2 atom stereocenters. The molecular formula is C18H21NO. The molecule has 3 rings (SSSR count). The van der Waals surface area contributed by atoms with Crippen molar-refractivity contribution >= 4 is 5.69 Å². The SMILES string of the molecule is CC1CCCC1Nc1cccc(Oc2ccccc2)c1. The van der Waals surface area contributed by atoms with Crippen LogP contribution in [0.1, 0.15) is 26.2 Å². The quantitative estimate of drug-likeness (QED) is 0.834. The Kier molecular flexibility index (Phi) is 3.91. The summed E-state index contributed by atoms with van der Waals surface area (Å²) in [5, 5.41) is 3.64. The molecule has 2 nitrogen and oxygen atoms in total. The second-order valence-corrected chi connectivity index (χ2v) is 5.60. The number of ether oxygens (including phenoxy) is 1. The second-order valence-electron chi connectivity index (χ2n) is 5.60. The predicted molar refractivity (Wildman–Crippen MR) is 83.4 cm³/mol. The van der Waals surface area contributed by atoms with E-state index < -0.39 is 0 Å². The van der Waals surface area contributed by atoms with E-state index in [0.29, 0.717) is 6.04 Å².